The van der Waals surface area contributed by atoms with E-state index in [1.54, 1.807) is 0 Å². The summed E-state index contributed by atoms with van der Waals surface area (Å²) in [6.07, 6.45) is 3.30. The van der Waals surface area contributed by atoms with E-state index in [1.165, 1.54) is 0 Å². The number of nitrogens with zero attached hydrogens (tertiary/aromatic N) is 2. The Morgan fingerprint density at radius 2 is 1.85 bits per heavy atom. The number of hydrogen-bond donors (Lipinski definition) is 2. The minimum Gasteiger partial charge on any atom is -0.491 e. The van der Waals surface area contributed by atoms with Crippen LogP contribution in [0.1, 0.15) is 74.7 Å². The molecule has 26 heavy (non-hydrogen) atoms. The Balaban J connectivity index is 0.00000146. The normalized spacial score (nSPS) is 25.6. The second-order valence-corrected chi connectivity index (χ2v) is 6.64. The predicted molar refractivity (Wildman–Crippen MR) is 114 cm³/mol. The number of ether oxygens (including phenoxy) is 1. The predicted octanol–water partition coefficient (Wildman–Crippen LogP) is 5.00. The van der Waals surface area contributed by atoms with Crippen molar-refractivity contribution in [2.24, 2.45) is 27.6 Å². The number of rotatable bonds is 2. The molecule has 0 saturated heterocycles. The number of guanidine groups is 1. The number of amidine groups is 1. The quantitative estimate of drug-likeness (QED) is 0.724. The van der Waals surface area contributed by atoms with Crippen molar-refractivity contribution < 1.29 is 4.74 Å². The van der Waals surface area contributed by atoms with Gasteiger partial charge in [0.25, 0.3) is 0 Å². The second kappa shape index (κ2) is 12.6. The maximum atomic E-state index is 6.03. The van der Waals surface area contributed by atoms with E-state index in [9.17, 15) is 0 Å². The third kappa shape index (κ3) is 7.63. The van der Waals surface area contributed by atoms with Crippen molar-refractivity contribution in [2.75, 3.05) is 6.61 Å². The smallest absolute Gasteiger partial charge is 0.199 e. The fraction of sp³-hybridized carbons (Fsp3) is 0.714. The van der Waals surface area contributed by atoms with Crippen LogP contribution >= 0.6 is 0 Å². The van der Waals surface area contributed by atoms with E-state index in [0.717, 1.165) is 42.1 Å². The first-order valence-electron chi connectivity index (χ1n) is 10.0. The molecule has 0 amide bonds. The van der Waals surface area contributed by atoms with Crippen LogP contribution in [-0.4, -0.2) is 24.4 Å². The first-order chi connectivity index (χ1) is 12.4. The topological polar surface area (TPSA) is 72.0 Å². The van der Waals surface area contributed by atoms with Crippen LogP contribution in [0.5, 0.6) is 0 Å². The van der Waals surface area contributed by atoms with Crippen molar-refractivity contribution in [3.63, 3.8) is 0 Å². The van der Waals surface area contributed by atoms with Gasteiger partial charge in [0.1, 0.15) is 11.6 Å². The third-order valence-electron chi connectivity index (χ3n) is 4.09. The number of allylic oxidation sites excluding steroid dienone is 2. The molecule has 1 fully saturated rings. The van der Waals surface area contributed by atoms with Crippen LogP contribution in [0.15, 0.2) is 33.6 Å². The van der Waals surface area contributed by atoms with Crippen LogP contribution in [0.2, 0.25) is 0 Å². The zero-order chi connectivity index (χ0) is 20.3. The molecule has 1 heterocycles. The average molecular weight is 365 g/mol. The monoisotopic (exact) mass is 364 g/mol. The van der Waals surface area contributed by atoms with Crippen LogP contribution in [-0.2, 0) is 4.74 Å². The highest BCUT2D eigenvalue weighted by molar-refractivity contribution is 5.96. The summed E-state index contributed by atoms with van der Waals surface area (Å²) < 4.78 is 6.00. The summed E-state index contributed by atoms with van der Waals surface area (Å²) in [5.74, 6) is 2.75. The first-order valence-corrected chi connectivity index (χ1v) is 10.0. The molecular formula is C21H40N4O. The molecule has 1 aliphatic carbocycles. The van der Waals surface area contributed by atoms with Gasteiger partial charge in [0, 0.05) is 5.92 Å². The SMILES string of the molecule is C=C(C)/C1=C(\C)NC(N)=NC(C(C)C)=N[C@H]2CC[C@@H](CO1)C2.CC.CC. The van der Waals surface area contributed by atoms with Gasteiger partial charge in [-0.2, -0.15) is 4.99 Å². The average Bonchev–Trinajstić information content (AvgIpc) is 3.04. The lowest BCUT2D eigenvalue weighted by Crippen LogP contribution is -2.33. The molecule has 5 nitrogen and oxygen atoms in total. The molecule has 150 valence electrons. The zero-order valence-corrected chi connectivity index (χ0v) is 18.1. The van der Waals surface area contributed by atoms with Gasteiger partial charge in [0.15, 0.2) is 5.96 Å². The van der Waals surface area contributed by atoms with Crippen LogP contribution < -0.4 is 11.1 Å². The number of fused-ring (bicyclic) bond motifs is 2. The summed E-state index contributed by atoms with van der Waals surface area (Å²) in [7, 11) is 0. The summed E-state index contributed by atoms with van der Waals surface area (Å²) in [6, 6.07) is 0.334. The van der Waals surface area contributed by atoms with Crippen LogP contribution in [0.3, 0.4) is 0 Å². The van der Waals surface area contributed by atoms with Crippen LogP contribution in [0, 0.1) is 11.8 Å². The summed E-state index contributed by atoms with van der Waals surface area (Å²) in [5.41, 5.74) is 7.76. The molecule has 0 aromatic heterocycles. The van der Waals surface area contributed by atoms with Gasteiger partial charge < -0.3 is 15.8 Å². The Bertz CT molecular complexity index is 532. The molecule has 2 rings (SSSR count). The van der Waals surface area contributed by atoms with Crippen molar-refractivity contribution in [3.05, 3.63) is 23.6 Å². The van der Waals surface area contributed by atoms with Crippen LogP contribution in [0.25, 0.3) is 0 Å². The molecule has 2 atom stereocenters. The van der Waals surface area contributed by atoms with E-state index in [1.807, 2.05) is 41.5 Å². The second-order valence-electron chi connectivity index (χ2n) is 6.64. The molecule has 0 aromatic rings. The molecule has 5 heteroatoms. The zero-order valence-electron chi connectivity index (χ0n) is 18.1. The number of nitrogens with two attached hydrogens (primary N) is 1. The highest BCUT2D eigenvalue weighted by Gasteiger charge is 2.26. The first kappa shape index (κ1) is 24.2. The van der Waals surface area contributed by atoms with Crippen molar-refractivity contribution in [1.82, 2.24) is 5.32 Å². The molecule has 2 bridgehead atoms. The van der Waals surface area contributed by atoms with Gasteiger partial charge in [0.2, 0.25) is 0 Å². The number of aliphatic imine (C=N–C) groups is 2. The summed E-state index contributed by atoms with van der Waals surface area (Å²) >= 11 is 0. The molecule has 1 aliphatic heterocycles. The molecule has 0 aromatic carbocycles. The summed E-state index contributed by atoms with van der Waals surface area (Å²) in [6.45, 7) is 20.8. The van der Waals surface area contributed by atoms with Gasteiger partial charge in [-0.3, -0.25) is 4.99 Å². The minimum atomic E-state index is 0.253. The number of nitrogens with one attached hydrogen (secondary N) is 1. The molecule has 2 aliphatic rings. The molecule has 0 spiro atoms. The molecular weight excluding hydrogens is 324 g/mol. The highest BCUT2D eigenvalue weighted by atomic mass is 16.5. The van der Waals surface area contributed by atoms with Gasteiger partial charge in [-0.1, -0.05) is 48.1 Å². The fourth-order valence-corrected chi connectivity index (χ4v) is 2.96. The highest BCUT2D eigenvalue weighted by Crippen LogP contribution is 2.30. The van der Waals surface area contributed by atoms with E-state index < -0.39 is 0 Å². The van der Waals surface area contributed by atoms with E-state index in [2.05, 4.69) is 30.7 Å². The Hall–Kier alpha value is -1.78. The van der Waals surface area contributed by atoms with Crippen molar-refractivity contribution >= 4 is 11.8 Å². The molecule has 0 radical (unpaired) electrons. The lowest BCUT2D eigenvalue weighted by Gasteiger charge is -2.19. The number of hydrogen-bond acceptors (Lipinski definition) is 5. The molecule has 0 unspecified atom stereocenters. The molecule has 1 saturated carbocycles. The maximum absolute atomic E-state index is 6.03. The van der Waals surface area contributed by atoms with E-state index in [0.29, 0.717) is 24.5 Å². The Morgan fingerprint density at radius 1 is 1.23 bits per heavy atom. The maximum Gasteiger partial charge on any atom is 0.199 e. The van der Waals surface area contributed by atoms with Crippen molar-refractivity contribution in [1.29, 1.82) is 0 Å². The van der Waals surface area contributed by atoms with E-state index in [4.69, 9.17) is 15.5 Å². The van der Waals surface area contributed by atoms with E-state index in [-0.39, 0.29) is 5.92 Å². The van der Waals surface area contributed by atoms with Gasteiger partial charge in [-0.15, -0.1) is 0 Å². The third-order valence-corrected chi connectivity index (χ3v) is 4.09. The summed E-state index contributed by atoms with van der Waals surface area (Å²) in [4.78, 5) is 9.30. The minimum absolute atomic E-state index is 0.253. The van der Waals surface area contributed by atoms with Gasteiger partial charge in [-0.25, -0.2) is 0 Å². The van der Waals surface area contributed by atoms with Crippen molar-refractivity contribution in [2.45, 2.75) is 80.7 Å². The lowest BCUT2D eigenvalue weighted by molar-refractivity contribution is 0.169. The summed E-state index contributed by atoms with van der Waals surface area (Å²) in [5, 5.41) is 3.10. The largest absolute Gasteiger partial charge is 0.491 e. The fourth-order valence-electron chi connectivity index (χ4n) is 2.96. The van der Waals surface area contributed by atoms with E-state index >= 15 is 0 Å². The standard InChI is InChI=1S/C17H28N4O.2C2H6/c1-10(2)15-12(5)19-17(18)21-16(11(3)4)20-14-7-6-13(8-14)9-22-15;2*1-2/h11,13-14H,1,6-9H2,2-5H3,(H3,18,19,20,21);2*1-2H3/b15-12-;;/t13-,14+;;/m1../s1. The Labute approximate surface area is 160 Å². The van der Waals surface area contributed by atoms with Crippen LogP contribution in [0.4, 0.5) is 0 Å². The Kier molecular flexibility index (Phi) is 11.7. The molecule has 3 N–H and O–H groups in total. The van der Waals surface area contributed by atoms with Gasteiger partial charge in [-0.05, 0) is 44.6 Å². The lowest BCUT2D eigenvalue weighted by atomic mass is 10.1. The van der Waals surface area contributed by atoms with Gasteiger partial charge >= 0.3 is 0 Å². The Morgan fingerprint density at radius 3 is 2.38 bits per heavy atom. The van der Waals surface area contributed by atoms with Crippen molar-refractivity contribution in [3.8, 4) is 0 Å². The van der Waals surface area contributed by atoms with Gasteiger partial charge in [0.05, 0.1) is 18.3 Å².